The van der Waals surface area contributed by atoms with Crippen LogP contribution < -0.4 is 10.1 Å². The zero-order valence-electron chi connectivity index (χ0n) is 20.6. The topological polar surface area (TPSA) is 84.0 Å². The van der Waals surface area contributed by atoms with Gasteiger partial charge in [0.1, 0.15) is 11.6 Å². The first-order valence-electron chi connectivity index (χ1n) is 12.5. The van der Waals surface area contributed by atoms with Crippen LogP contribution in [-0.4, -0.2) is 60.1 Å². The van der Waals surface area contributed by atoms with Gasteiger partial charge in [0.05, 0.1) is 41.7 Å². The Labute approximate surface area is 222 Å². The van der Waals surface area contributed by atoms with Crippen molar-refractivity contribution in [3.8, 4) is 5.75 Å². The summed E-state index contributed by atoms with van der Waals surface area (Å²) >= 11 is 5.96. The second-order valence-corrected chi connectivity index (χ2v) is 10.7. The van der Waals surface area contributed by atoms with Crippen LogP contribution in [0.2, 0.25) is 5.02 Å². The number of halogens is 4. The molecule has 12 heteroatoms. The van der Waals surface area contributed by atoms with Gasteiger partial charge in [0.2, 0.25) is 11.8 Å². The molecule has 2 aliphatic carbocycles. The van der Waals surface area contributed by atoms with E-state index in [1.54, 1.807) is 7.11 Å². The summed E-state index contributed by atoms with van der Waals surface area (Å²) in [6, 6.07) is 8.59. The van der Waals surface area contributed by atoms with E-state index in [1.807, 2.05) is 36.4 Å². The molecule has 0 unspecified atom stereocenters. The average molecular weight is 551 g/mol. The molecule has 2 aliphatic heterocycles. The molecule has 7 atom stereocenters. The molecule has 1 N–H and O–H groups in total. The van der Waals surface area contributed by atoms with Crippen molar-refractivity contribution in [2.75, 3.05) is 32.6 Å². The number of hydrogen-bond acceptors (Lipinski definition) is 7. The van der Waals surface area contributed by atoms with Gasteiger partial charge in [0.25, 0.3) is 0 Å². The van der Waals surface area contributed by atoms with Crippen molar-refractivity contribution >= 4 is 29.2 Å². The first-order valence-corrected chi connectivity index (χ1v) is 12.8. The van der Waals surface area contributed by atoms with Gasteiger partial charge < -0.3 is 10.1 Å². The zero-order chi connectivity index (χ0) is 26.9. The number of pyridine rings is 1. The van der Waals surface area contributed by atoms with E-state index in [1.165, 1.54) is 4.90 Å². The highest BCUT2D eigenvalue weighted by Gasteiger charge is 2.71. The van der Waals surface area contributed by atoms with Gasteiger partial charge in [-0.05, 0) is 36.1 Å². The molecular formula is C26H26ClF3N4O4. The SMILES string of the molecule is COc1ccc([C@@H]2[C@@H]3[C@@H]4C[C@@H]([C@@H]3ON2C)[C@H]2C(=O)N(CCNc3ncc(C(F)(F)F)cc3Cl)C(=O)[C@H]42)cc1. The molecule has 38 heavy (non-hydrogen) atoms. The number of hydroxylamine groups is 2. The average Bonchev–Trinajstić information content (AvgIpc) is 3.59. The summed E-state index contributed by atoms with van der Waals surface area (Å²) in [6.45, 7) is 0.187. The Kier molecular flexibility index (Phi) is 6.08. The first-order chi connectivity index (χ1) is 18.1. The molecule has 3 heterocycles. The largest absolute Gasteiger partial charge is 0.497 e. The number of benzene rings is 1. The second-order valence-electron chi connectivity index (χ2n) is 10.3. The number of alkyl halides is 3. The third kappa shape index (κ3) is 3.85. The van der Waals surface area contributed by atoms with E-state index >= 15 is 0 Å². The number of nitrogens with zero attached hydrogens (tertiary/aromatic N) is 3. The minimum absolute atomic E-state index is 0.0208. The van der Waals surface area contributed by atoms with Crippen LogP contribution in [0.3, 0.4) is 0 Å². The van der Waals surface area contributed by atoms with E-state index in [-0.39, 0.29) is 65.6 Å². The number of methoxy groups -OCH3 is 1. The number of aromatic nitrogens is 1. The Morgan fingerprint density at radius 1 is 1.16 bits per heavy atom. The van der Waals surface area contributed by atoms with Crippen LogP contribution in [0.5, 0.6) is 5.75 Å². The Morgan fingerprint density at radius 2 is 1.84 bits per heavy atom. The summed E-state index contributed by atoms with van der Waals surface area (Å²) in [4.78, 5) is 38.1. The summed E-state index contributed by atoms with van der Waals surface area (Å²) in [5.41, 5.74) is 0.122. The van der Waals surface area contributed by atoms with E-state index in [0.29, 0.717) is 6.20 Å². The number of nitrogens with one attached hydrogen (secondary N) is 1. The number of fused-ring (bicyclic) bond motifs is 8. The number of likely N-dealkylation sites (tertiary alicyclic amines) is 1. The lowest BCUT2D eigenvalue weighted by atomic mass is 9.70. The number of rotatable bonds is 6. The minimum Gasteiger partial charge on any atom is -0.497 e. The molecule has 2 bridgehead atoms. The van der Waals surface area contributed by atoms with Gasteiger partial charge in [-0.2, -0.15) is 18.2 Å². The lowest BCUT2D eigenvalue weighted by molar-refractivity contribution is -0.164. The molecule has 6 rings (SSSR count). The van der Waals surface area contributed by atoms with Gasteiger partial charge in [-0.25, -0.2) is 4.98 Å². The number of hydrogen-bond donors (Lipinski definition) is 1. The first kappa shape index (κ1) is 25.4. The van der Waals surface area contributed by atoms with Gasteiger partial charge in [0.15, 0.2) is 0 Å². The van der Waals surface area contributed by atoms with Crippen LogP contribution >= 0.6 is 11.6 Å². The smallest absolute Gasteiger partial charge is 0.417 e. The van der Waals surface area contributed by atoms with E-state index < -0.39 is 23.6 Å². The molecule has 4 aliphatic rings. The fraction of sp³-hybridized carbons (Fsp3) is 0.500. The second kappa shape index (κ2) is 9.10. The number of amides is 2. The van der Waals surface area contributed by atoms with Crippen molar-refractivity contribution in [2.45, 2.75) is 24.7 Å². The van der Waals surface area contributed by atoms with Gasteiger partial charge in [-0.15, -0.1) is 0 Å². The van der Waals surface area contributed by atoms with E-state index in [2.05, 4.69) is 10.3 Å². The van der Waals surface area contributed by atoms with Crippen LogP contribution in [0.1, 0.15) is 23.6 Å². The maximum Gasteiger partial charge on any atom is 0.417 e. The third-order valence-corrected chi connectivity index (χ3v) is 8.84. The van der Waals surface area contributed by atoms with Crippen molar-refractivity contribution in [3.05, 3.63) is 52.7 Å². The van der Waals surface area contributed by atoms with Crippen LogP contribution in [0.4, 0.5) is 19.0 Å². The van der Waals surface area contributed by atoms with Crippen LogP contribution in [0.25, 0.3) is 0 Å². The summed E-state index contributed by atoms with van der Waals surface area (Å²) < 4.78 is 43.9. The molecule has 2 aromatic rings. The number of carbonyl (C=O) groups is 2. The molecule has 0 spiro atoms. The number of imide groups is 1. The summed E-state index contributed by atoms with van der Waals surface area (Å²) in [5.74, 6) is -0.318. The summed E-state index contributed by atoms with van der Waals surface area (Å²) in [7, 11) is 3.51. The molecule has 8 nitrogen and oxygen atoms in total. The highest BCUT2D eigenvalue weighted by molar-refractivity contribution is 6.33. The summed E-state index contributed by atoms with van der Waals surface area (Å²) in [5, 5.41) is 4.52. The fourth-order valence-corrected chi connectivity index (χ4v) is 7.30. The van der Waals surface area contributed by atoms with Crippen molar-refractivity contribution in [1.82, 2.24) is 14.9 Å². The zero-order valence-corrected chi connectivity index (χ0v) is 21.4. The van der Waals surface area contributed by atoms with Crippen LogP contribution in [0.15, 0.2) is 36.5 Å². The third-order valence-electron chi connectivity index (χ3n) is 8.55. The van der Waals surface area contributed by atoms with Gasteiger partial charge in [-0.3, -0.25) is 19.3 Å². The molecule has 1 aromatic heterocycles. The number of anilines is 1. The maximum atomic E-state index is 13.5. The van der Waals surface area contributed by atoms with Crippen molar-refractivity contribution in [3.63, 3.8) is 0 Å². The standard InChI is InChI=1S/C26H26ClF3N4O4/c1-33-21(12-3-5-14(37-2)6-4-12)20-15-10-16(22(20)38-33)19-18(15)24(35)34(25(19)36)8-7-31-23-17(27)9-13(11-32-23)26(28,29)30/h3-6,9,11,15-16,18-22H,7-8,10H2,1-2H3,(H,31,32)/t15-,16-,18-,19-,20+,21-,22+/m1/s1. The maximum absolute atomic E-state index is 13.5. The minimum atomic E-state index is -4.55. The number of ether oxygens (including phenoxy) is 1. The molecule has 0 radical (unpaired) electrons. The molecule has 2 saturated heterocycles. The Balaban J connectivity index is 1.15. The number of carbonyl (C=O) groups excluding carboxylic acids is 2. The van der Waals surface area contributed by atoms with E-state index in [4.69, 9.17) is 21.2 Å². The Morgan fingerprint density at radius 3 is 2.47 bits per heavy atom. The molecule has 4 fully saturated rings. The molecule has 2 amide bonds. The van der Waals surface area contributed by atoms with E-state index in [9.17, 15) is 22.8 Å². The van der Waals surface area contributed by atoms with Gasteiger partial charge in [-0.1, -0.05) is 23.7 Å². The normalized spacial score (nSPS) is 32.2. The molecule has 202 valence electrons. The highest BCUT2D eigenvalue weighted by Crippen LogP contribution is 2.65. The fourth-order valence-electron chi connectivity index (χ4n) is 7.07. The van der Waals surface area contributed by atoms with E-state index in [0.717, 1.165) is 23.8 Å². The quantitative estimate of drug-likeness (QED) is 0.544. The molecule has 2 saturated carbocycles. The Bertz CT molecular complexity index is 1280. The molecule has 1 aromatic carbocycles. The highest BCUT2D eigenvalue weighted by atomic mass is 35.5. The van der Waals surface area contributed by atoms with Gasteiger partial charge >= 0.3 is 6.18 Å². The van der Waals surface area contributed by atoms with Crippen LogP contribution in [0, 0.1) is 29.6 Å². The van der Waals surface area contributed by atoms with Crippen molar-refractivity contribution in [1.29, 1.82) is 0 Å². The predicted molar refractivity (Wildman–Crippen MR) is 130 cm³/mol. The van der Waals surface area contributed by atoms with Crippen molar-refractivity contribution < 1.29 is 32.3 Å². The lowest BCUT2D eigenvalue weighted by Gasteiger charge is -2.32. The lowest BCUT2D eigenvalue weighted by Crippen LogP contribution is -2.39. The Hall–Kier alpha value is -2.89. The van der Waals surface area contributed by atoms with Crippen LogP contribution in [-0.2, 0) is 20.6 Å². The van der Waals surface area contributed by atoms with Gasteiger partial charge in [0, 0.05) is 38.2 Å². The predicted octanol–water partition coefficient (Wildman–Crippen LogP) is 4.03. The summed E-state index contributed by atoms with van der Waals surface area (Å²) in [6.07, 6.45) is -3.22. The van der Waals surface area contributed by atoms with Crippen molar-refractivity contribution in [2.24, 2.45) is 29.6 Å². The molecular weight excluding hydrogens is 525 g/mol. The monoisotopic (exact) mass is 550 g/mol.